The van der Waals surface area contributed by atoms with E-state index in [1.165, 1.54) is 19.9 Å². The Morgan fingerprint density at radius 1 is 1.10 bits per heavy atom. The number of amides is 2. The van der Waals surface area contributed by atoms with E-state index in [0.717, 1.165) is 48.1 Å². The predicted octanol–water partition coefficient (Wildman–Crippen LogP) is 5.86. The third-order valence-corrected chi connectivity index (χ3v) is 12.5. The molecule has 0 aromatic heterocycles. The molecule has 2 bridgehead atoms. The molecular weight excluding hydrogens is 692 g/mol. The maximum Gasteiger partial charge on any atom is 0.410 e. The fraction of sp³-hybridized carbons (Fsp3) is 0.556. The molecule has 2 aromatic rings. The average molecular weight is 734 g/mol. The van der Waals surface area contributed by atoms with Gasteiger partial charge in [0.2, 0.25) is 0 Å². The maximum atomic E-state index is 14.0. The third kappa shape index (κ3) is 6.80. The summed E-state index contributed by atoms with van der Waals surface area (Å²) >= 11 is 6.41. The van der Waals surface area contributed by atoms with Gasteiger partial charge in [-0.3, -0.25) is 4.79 Å². The number of sulfonamides is 1. The van der Waals surface area contributed by atoms with Crippen molar-refractivity contribution in [1.82, 2.24) is 9.62 Å². The summed E-state index contributed by atoms with van der Waals surface area (Å²) in [6.07, 6.45) is 5.59. The first kappa shape index (κ1) is 35.0. The van der Waals surface area contributed by atoms with Crippen LogP contribution in [0.1, 0.15) is 57.1 Å². The highest BCUT2D eigenvalue weighted by atomic mass is 35.5. The Morgan fingerprint density at radius 2 is 1.92 bits per heavy atom. The minimum absolute atomic E-state index is 0.0129. The van der Waals surface area contributed by atoms with Gasteiger partial charge in [-0.25, -0.2) is 26.7 Å². The minimum Gasteiger partial charge on any atom is -0.490 e. The molecule has 2 amide bonds. The lowest BCUT2D eigenvalue weighted by Gasteiger charge is -2.46. The molecule has 1 N–H and O–H groups in total. The average Bonchev–Trinajstić information content (AvgIpc) is 3.34. The van der Waals surface area contributed by atoms with E-state index in [4.69, 9.17) is 25.8 Å². The molecule has 1 saturated carbocycles. The second-order valence-corrected chi connectivity index (χ2v) is 16.9. The van der Waals surface area contributed by atoms with E-state index < -0.39 is 58.0 Å². The lowest BCUT2D eigenvalue weighted by molar-refractivity contribution is -0.139. The van der Waals surface area contributed by atoms with Gasteiger partial charge in [0.1, 0.15) is 17.5 Å². The number of likely N-dealkylation sites (tertiary alicyclic amines) is 1. The number of benzene rings is 2. The number of fused-ring (bicyclic) bond motifs is 4. The Hall–Kier alpha value is -3.42. The summed E-state index contributed by atoms with van der Waals surface area (Å²) in [5, 5.41) is 0.665. The van der Waals surface area contributed by atoms with Crippen LogP contribution >= 0.6 is 11.6 Å². The summed E-state index contributed by atoms with van der Waals surface area (Å²) in [6.45, 7) is 3.46. The first-order chi connectivity index (χ1) is 23.6. The highest BCUT2D eigenvalue weighted by molar-refractivity contribution is 7.90. The Kier molecular flexibility index (Phi) is 9.08. The molecule has 2 aromatic carbocycles. The lowest BCUT2D eigenvalue weighted by atomic mass is 9.68. The Morgan fingerprint density at radius 3 is 2.66 bits per heavy atom. The fourth-order valence-electron chi connectivity index (χ4n) is 7.97. The van der Waals surface area contributed by atoms with Gasteiger partial charge in [0.15, 0.2) is 0 Å². The second kappa shape index (κ2) is 13.0. The van der Waals surface area contributed by atoms with E-state index in [0.29, 0.717) is 36.2 Å². The number of hydrogen-bond donors (Lipinski definition) is 1. The molecule has 1 saturated heterocycles. The normalized spacial score (nSPS) is 29.9. The molecule has 3 aliphatic heterocycles. The van der Waals surface area contributed by atoms with E-state index >= 15 is 0 Å². The summed E-state index contributed by atoms with van der Waals surface area (Å²) in [7, 11) is -4.29. The Bertz CT molecular complexity index is 1820. The number of hydrogen-bond acceptors (Lipinski definition) is 8. The van der Waals surface area contributed by atoms with E-state index in [1.54, 1.807) is 24.3 Å². The van der Waals surface area contributed by atoms with Gasteiger partial charge in [0.25, 0.3) is 21.9 Å². The van der Waals surface area contributed by atoms with Crippen LogP contribution in [-0.2, 0) is 36.1 Å². The van der Waals surface area contributed by atoms with Gasteiger partial charge < -0.3 is 24.0 Å². The zero-order valence-electron chi connectivity index (χ0n) is 28.1. The molecule has 0 unspecified atom stereocenters. The summed E-state index contributed by atoms with van der Waals surface area (Å²) in [5.41, 5.74) is 0.937. The molecule has 7 rings (SSSR count). The zero-order valence-corrected chi connectivity index (χ0v) is 29.7. The Labute approximate surface area is 296 Å². The molecular formula is C36H42ClF2N3O7S. The van der Waals surface area contributed by atoms with Crippen molar-refractivity contribution < 1.29 is 41.0 Å². The number of halogens is 3. The van der Waals surface area contributed by atoms with Gasteiger partial charge in [-0.05, 0) is 99.4 Å². The zero-order chi connectivity index (χ0) is 35.5. The van der Waals surface area contributed by atoms with Crippen LogP contribution in [0.25, 0.3) is 0 Å². The van der Waals surface area contributed by atoms with Gasteiger partial charge in [-0.1, -0.05) is 23.7 Å². The van der Waals surface area contributed by atoms with Crippen molar-refractivity contribution in [2.75, 3.05) is 44.3 Å². The van der Waals surface area contributed by atoms with Crippen LogP contribution in [0.3, 0.4) is 0 Å². The second-order valence-electron chi connectivity index (χ2n) is 14.8. The molecule has 2 aliphatic carbocycles. The number of carbonyl (C=O) groups excluding carboxylic acids is 2. The number of nitrogens with zero attached hydrogens (tertiary/aromatic N) is 2. The van der Waals surface area contributed by atoms with Gasteiger partial charge in [-0.2, -0.15) is 0 Å². The summed E-state index contributed by atoms with van der Waals surface area (Å²) < 4.78 is 75.6. The number of nitrogens with one attached hydrogen (secondary N) is 1. The van der Waals surface area contributed by atoms with Crippen LogP contribution < -0.4 is 14.4 Å². The summed E-state index contributed by atoms with van der Waals surface area (Å²) in [6, 6.07) is 10.6. The minimum atomic E-state index is -4.29. The molecule has 4 atom stereocenters. The smallest absolute Gasteiger partial charge is 0.410 e. The van der Waals surface area contributed by atoms with Crippen LogP contribution in [0, 0.1) is 11.8 Å². The van der Waals surface area contributed by atoms with Crippen molar-refractivity contribution in [3.05, 3.63) is 64.7 Å². The highest BCUT2D eigenvalue weighted by Crippen LogP contribution is 2.47. The number of ether oxygens (including phenoxy) is 3. The molecule has 0 radical (unpaired) electrons. The van der Waals surface area contributed by atoms with E-state index in [2.05, 4.69) is 15.7 Å². The van der Waals surface area contributed by atoms with Crippen LogP contribution in [0.15, 0.2) is 53.4 Å². The Balaban J connectivity index is 1.27. The van der Waals surface area contributed by atoms with Crippen LogP contribution in [-0.4, -0.2) is 82.3 Å². The van der Waals surface area contributed by atoms with Gasteiger partial charge in [0.05, 0.1) is 30.3 Å². The van der Waals surface area contributed by atoms with Crippen LogP contribution in [0.4, 0.5) is 19.3 Å². The molecule has 14 heteroatoms. The van der Waals surface area contributed by atoms with Gasteiger partial charge >= 0.3 is 6.09 Å². The first-order valence-electron chi connectivity index (χ1n) is 17.2. The maximum absolute atomic E-state index is 14.0. The van der Waals surface area contributed by atoms with Gasteiger partial charge in [-0.15, -0.1) is 0 Å². The van der Waals surface area contributed by atoms with Crippen LogP contribution in [0.5, 0.6) is 5.75 Å². The monoisotopic (exact) mass is 733 g/mol. The number of rotatable bonds is 1. The van der Waals surface area contributed by atoms with E-state index in [9.17, 15) is 26.8 Å². The topological polar surface area (TPSA) is 114 Å². The molecule has 3 heterocycles. The lowest BCUT2D eigenvalue weighted by Crippen LogP contribution is -2.50. The molecule has 5 aliphatic rings. The van der Waals surface area contributed by atoms with Crippen molar-refractivity contribution in [2.24, 2.45) is 11.8 Å². The number of alkyl halides is 2. The highest BCUT2D eigenvalue weighted by Gasteiger charge is 2.46. The molecule has 270 valence electrons. The van der Waals surface area contributed by atoms with Crippen molar-refractivity contribution in [1.29, 1.82) is 0 Å². The molecule has 10 nitrogen and oxygen atoms in total. The predicted molar refractivity (Wildman–Crippen MR) is 182 cm³/mol. The molecule has 50 heavy (non-hydrogen) atoms. The van der Waals surface area contributed by atoms with Crippen LogP contribution in [0.2, 0.25) is 5.02 Å². The van der Waals surface area contributed by atoms with E-state index in [-0.39, 0.29) is 29.9 Å². The summed E-state index contributed by atoms with van der Waals surface area (Å²) in [4.78, 5) is 29.5. The fourth-order valence-corrected chi connectivity index (χ4v) is 9.28. The van der Waals surface area contributed by atoms with Crippen molar-refractivity contribution in [3.8, 4) is 5.75 Å². The molecule has 2 fully saturated rings. The summed E-state index contributed by atoms with van der Waals surface area (Å²) in [5.74, 6) is -3.42. The largest absolute Gasteiger partial charge is 0.490 e. The van der Waals surface area contributed by atoms with E-state index in [1.807, 2.05) is 12.1 Å². The number of carbonyl (C=O) groups is 2. The number of anilines is 1. The number of aryl methyl sites for hydroxylation is 1. The third-order valence-electron chi connectivity index (χ3n) is 11.0. The van der Waals surface area contributed by atoms with Gasteiger partial charge in [0, 0.05) is 42.4 Å². The van der Waals surface area contributed by atoms with Crippen molar-refractivity contribution in [2.45, 2.75) is 80.3 Å². The van der Waals surface area contributed by atoms with Crippen molar-refractivity contribution in [3.63, 3.8) is 0 Å². The molecule has 1 spiro atoms. The SMILES string of the molecule is CC1(C)OCC=C[C@H](OC(=O)N2CCC(F)(F)C2)[C@@H]2CC[C@H]2CN2C[C@@]3(CCCc4cc(Cl)ccc43)COc3ccc(cc32)S(=O)(=O)NC1=O. The van der Waals surface area contributed by atoms with Crippen molar-refractivity contribution >= 4 is 39.3 Å². The quantitative estimate of drug-likeness (QED) is 0.363. The standard InChI is InChI=1S/C36H42ClF2N3O7S/c1-34(2)32(43)40-50(45,46)26-9-12-31-29(18-26)42(20-35(22-47-31)13-3-5-23-17-25(37)8-11-28(23)35)19-24-7-10-27(24)30(6-4-16-48-34)49-33(44)41-15-14-36(38,39)21-41/h4,6,8-9,11-12,17-18,24,27,30H,3,5,7,10,13-16,19-22H2,1-2H3,(H,40,43)/t24-,27+,30-,35-/m0/s1. The first-order valence-corrected chi connectivity index (χ1v) is 19.0.